The molecule has 0 radical (unpaired) electrons. The van der Waals surface area contributed by atoms with Gasteiger partial charge in [-0.05, 0) is 31.4 Å². The van der Waals surface area contributed by atoms with Gasteiger partial charge in [0, 0.05) is 6.54 Å². The zero-order valence-electron chi connectivity index (χ0n) is 10.3. The van der Waals surface area contributed by atoms with Crippen molar-refractivity contribution in [3.8, 4) is 0 Å². The van der Waals surface area contributed by atoms with Gasteiger partial charge in [-0.25, -0.2) is 0 Å². The maximum Gasteiger partial charge on any atom is 0.0410 e. The molecular weight excluding hydrogens is 170 g/mol. The van der Waals surface area contributed by atoms with Crippen molar-refractivity contribution in [3.63, 3.8) is 0 Å². The molecule has 2 atom stereocenters. The maximum atomic E-state index is 4.05. The van der Waals surface area contributed by atoms with Crippen LogP contribution in [-0.4, -0.2) is 13.3 Å². The Hall–Kier alpha value is -0.330. The van der Waals surface area contributed by atoms with Gasteiger partial charge < -0.3 is 4.99 Å². The molecule has 1 heteroatoms. The predicted molar refractivity (Wildman–Crippen MR) is 66.1 cm³/mol. The third kappa shape index (κ3) is 7.11. The molecule has 0 saturated carbocycles. The molecule has 0 aromatic carbocycles. The van der Waals surface area contributed by atoms with E-state index in [1.54, 1.807) is 0 Å². The first-order chi connectivity index (χ1) is 6.74. The summed E-state index contributed by atoms with van der Waals surface area (Å²) in [5.74, 6) is 1.65. The van der Waals surface area contributed by atoms with E-state index in [1.807, 2.05) is 0 Å². The Kier molecular flexibility index (Phi) is 9.02. The summed E-state index contributed by atoms with van der Waals surface area (Å²) in [5, 5.41) is 0. The molecule has 0 saturated heterocycles. The van der Waals surface area contributed by atoms with Crippen LogP contribution < -0.4 is 0 Å². The predicted octanol–water partition coefficient (Wildman–Crippen LogP) is 4.32. The molecule has 0 aliphatic heterocycles. The largest absolute Gasteiger partial charge is 0.301 e. The zero-order valence-corrected chi connectivity index (χ0v) is 10.3. The van der Waals surface area contributed by atoms with E-state index in [0.29, 0.717) is 0 Å². The fraction of sp³-hybridized carbons (Fsp3) is 0.923. The van der Waals surface area contributed by atoms with Crippen LogP contribution in [0.1, 0.15) is 59.3 Å². The molecule has 0 heterocycles. The first-order valence-corrected chi connectivity index (χ1v) is 6.17. The average Bonchev–Trinajstić information content (AvgIpc) is 2.15. The van der Waals surface area contributed by atoms with E-state index in [2.05, 4.69) is 32.5 Å². The first-order valence-electron chi connectivity index (χ1n) is 6.17. The first kappa shape index (κ1) is 13.7. The molecule has 0 N–H and O–H groups in total. The monoisotopic (exact) mass is 197 g/mol. The van der Waals surface area contributed by atoms with Crippen LogP contribution in [0.15, 0.2) is 4.99 Å². The van der Waals surface area contributed by atoms with Gasteiger partial charge in [-0.2, -0.15) is 0 Å². The van der Waals surface area contributed by atoms with Gasteiger partial charge in [-0.15, -0.1) is 0 Å². The molecule has 0 spiro atoms. The van der Waals surface area contributed by atoms with E-state index in [4.69, 9.17) is 0 Å². The van der Waals surface area contributed by atoms with Gasteiger partial charge in [0.25, 0.3) is 0 Å². The summed E-state index contributed by atoms with van der Waals surface area (Å²) >= 11 is 0. The minimum absolute atomic E-state index is 0.786. The molecule has 2 unspecified atom stereocenters. The second-order valence-corrected chi connectivity index (χ2v) is 4.54. The lowest BCUT2D eigenvalue weighted by molar-refractivity contribution is 0.353. The highest BCUT2D eigenvalue weighted by Gasteiger charge is 2.11. The van der Waals surface area contributed by atoms with Crippen LogP contribution in [0.25, 0.3) is 0 Å². The normalized spacial score (nSPS) is 15.1. The van der Waals surface area contributed by atoms with E-state index in [0.717, 1.165) is 18.4 Å². The maximum absolute atomic E-state index is 4.05. The van der Waals surface area contributed by atoms with Crippen LogP contribution in [0.4, 0.5) is 0 Å². The van der Waals surface area contributed by atoms with Gasteiger partial charge in [0.15, 0.2) is 0 Å². The summed E-state index contributed by atoms with van der Waals surface area (Å²) < 4.78 is 0. The van der Waals surface area contributed by atoms with Crippen molar-refractivity contribution < 1.29 is 0 Å². The summed E-state index contributed by atoms with van der Waals surface area (Å²) in [4.78, 5) is 4.05. The Bertz CT molecular complexity index is 131. The molecule has 1 nitrogen and oxygen atoms in total. The van der Waals surface area contributed by atoms with Gasteiger partial charge in [-0.1, -0.05) is 46.5 Å². The van der Waals surface area contributed by atoms with Crippen LogP contribution >= 0.6 is 0 Å². The van der Waals surface area contributed by atoms with E-state index in [-0.39, 0.29) is 0 Å². The molecule has 0 amide bonds. The lowest BCUT2D eigenvalue weighted by Gasteiger charge is -2.18. The van der Waals surface area contributed by atoms with E-state index in [1.165, 1.54) is 38.5 Å². The number of hydrogen-bond donors (Lipinski definition) is 0. The van der Waals surface area contributed by atoms with Gasteiger partial charge in [0.2, 0.25) is 0 Å². The third-order valence-corrected chi connectivity index (χ3v) is 2.87. The van der Waals surface area contributed by atoms with Crippen molar-refractivity contribution in [2.75, 3.05) is 6.54 Å². The highest BCUT2D eigenvalue weighted by atomic mass is 14.7. The average molecular weight is 197 g/mol. The Morgan fingerprint density at radius 3 is 2.36 bits per heavy atom. The van der Waals surface area contributed by atoms with Gasteiger partial charge in [-0.3, -0.25) is 0 Å². The second kappa shape index (κ2) is 9.23. The number of rotatable bonds is 9. The fourth-order valence-corrected chi connectivity index (χ4v) is 2.14. The van der Waals surface area contributed by atoms with E-state index >= 15 is 0 Å². The topological polar surface area (TPSA) is 12.4 Å². The minimum Gasteiger partial charge on any atom is -0.301 e. The van der Waals surface area contributed by atoms with Crippen LogP contribution in [0.2, 0.25) is 0 Å². The quantitative estimate of drug-likeness (QED) is 0.488. The Morgan fingerprint density at radius 2 is 1.86 bits per heavy atom. The van der Waals surface area contributed by atoms with Crippen molar-refractivity contribution in [1.82, 2.24) is 0 Å². The minimum atomic E-state index is 0.786. The summed E-state index contributed by atoms with van der Waals surface area (Å²) in [5.41, 5.74) is 0. The molecule has 84 valence electrons. The number of nitrogens with zero attached hydrogens (tertiary/aromatic N) is 1. The number of hydrogen-bond acceptors (Lipinski definition) is 1. The van der Waals surface area contributed by atoms with Gasteiger partial charge in [0.05, 0.1) is 0 Å². The summed E-state index contributed by atoms with van der Waals surface area (Å²) in [6, 6.07) is 0. The van der Waals surface area contributed by atoms with Gasteiger partial charge >= 0.3 is 0 Å². The molecular formula is C13H27N. The smallest absolute Gasteiger partial charge is 0.0410 e. The molecule has 0 bridgehead atoms. The highest BCUT2D eigenvalue weighted by Crippen LogP contribution is 2.21. The Labute approximate surface area is 90.0 Å². The molecule has 0 aliphatic carbocycles. The SMILES string of the molecule is C=NCC(CCCC)CC(C)CCC. The fourth-order valence-electron chi connectivity index (χ4n) is 2.14. The standard InChI is InChI=1S/C13H27N/c1-5-7-9-13(11-14-4)10-12(3)8-6-2/h12-13H,4-11H2,1-3H3. The highest BCUT2D eigenvalue weighted by molar-refractivity contribution is 5.23. The molecule has 0 rings (SSSR count). The lowest BCUT2D eigenvalue weighted by Crippen LogP contribution is -2.10. The zero-order chi connectivity index (χ0) is 10.8. The summed E-state index contributed by atoms with van der Waals surface area (Å²) in [7, 11) is 0. The van der Waals surface area contributed by atoms with Crippen molar-refractivity contribution in [1.29, 1.82) is 0 Å². The molecule has 0 fully saturated rings. The van der Waals surface area contributed by atoms with Crippen molar-refractivity contribution in [2.45, 2.75) is 59.3 Å². The van der Waals surface area contributed by atoms with Gasteiger partial charge in [0.1, 0.15) is 0 Å². The van der Waals surface area contributed by atoms with Crippen LogP contribution in [0.3, 0.4) is 0 Å². The van der Waals surface area contributed by atoms with Crippen molar-refractivity contribution >= 4 is 6.72 Å². The van der Waals surface area contributed by atoms with E-state index in [9.17, 15) is 0 Å². The molecule has 0 aromatic heterocycles. The van der Waals surface area contributed by atoms with E-state index < -0.39 is 0 Å². The Balaban J connectivity index is 3.75. The molecule has 0 aliphatic rings. The van der Waals surface area contributed by atoms with Crippen molar-refractivity contribution in [3.05, 3.63) is 0 Å². The molecule has 0 aromatic rings. The second-order valence-electron chi connectivity index (χ2n) is 4.54. The Morgan fingerprint density at radius 1 is 1.14 bits per heavy atom. The summed E-state index contributed by atoms with van der Waals surface area (Å²) in [6.07, 6.45) is 7.99. The van der Waals surface area contributed by atoms with Crippen LogP contribution in [0.5, 0.6) is 0 Å². The summed E-state index contributed by atoms with van der Waals surface area (Å²) in [6.45, 7) is 11.5. The van der Waals surface area contributed by atoms with Crippen molar-refractivity contribution in [2.24, 2.45) is 16.8 Å². The third-order valence-electron chi connectivity index (χ3n) is 2.87. The number of unbranched alkanes of at least 4 members (excludes halogenated alkanes) is 1. The van der Waals surface area contributed by atoms with Crippen LogP contribution in [0, 0.1) is 11.8 Å². The number of aliphatic imine (C=N–C) groups is 1. The van der Waals surface area contributed by atoms with Crippen LogP contribution in [-0.2, 0) is 0 Å². The molecule has 14 heavy (non-hydrogen) atoms. The lowest BCUT2D eigenvalue weighted by atomic mass is 9.89.